The van der Waals surface area contributed by atoms with E-state index in [1.165, 1.54) is 24.0 Å². The van der Waals surface area contributed by atoms with Crippen molar-refractivity contribution < 1.29 is 4.74 Å². The number of likely N-dealkylation sites (tertiary alicyclic amines) is 1. The molecule has 3 nitrogen and oxygen atoms in total. The lowest BCUT2D eigenvalue weighted by atomic mass is 9.90. The Labute approximate surface area is 123 Å². The first-order chi connectivity index (χ1) is 9.63. The van der Waals surface area contributed by atoms with E-state index >= 15 is 0 Å². The van der Waals surface area contributed by atoms with Gasteiger partial charge in [-0.1, -0.05) is 24.3 Å². The Morgan fingerprint density at radius 2 is 1.95 bits per heavy atom. The summed E-state index contributed by atoms with van der Waals surface area (Å²) < 4.78 is 5.29. The van der Waals surface area contributed by atoms with Gasteiger partial charge in [0, 0.05) is 25.8 Å². The molecule has 3 heteroatoms. The smallest absolute Gasteiger partial charge is 0.0499 e. The Balaban J connectivity index is 2.09. The zero-order valence-corrected chi connectivity index (χ0v) is 13.0. The van der Waals surface area contributed by atoms with Crippen LogP contribution in [0.25, 0.3) is 0 Å². The Hall–Kier alpha value is -0.900. The summed E-state index contributed by atoms with van der Waals surface area (Å²) >= 11 is 0. The molecule has 1 aliphatic rings. The molecule has 112 valence electrons. The van der Waals surface area contributed by atoms with Crippen LogP contribution < -0.4 is 5.73 Å². The average molecular weight is 276 g/mol. The second kappa shape index (κ2) is 7.21. The summed E-state index contributed by atoms with van der Waals surface area (Å²) in [6.45, 7) is 7.44. The maximum atomic E-state index is 6.30. The Morgan fingerprint density at radius 3 is 2.50 bits per heavy atom. The molecule has 2 N–H and O–H groups in total. The number of benzene rings is 1. The van der Waals surface area contributed by atoms with Gasteiger partial charge in [-0.3, -0.25) is 4.90 Å². The van der Waals surface area contributed by atoms with Crippen molar-refractivity contribution >= 4 is 0 Å². The first kappa shape index (κ1) is 15.5. The molecule has 0 spiro atoms. The highest BCUT2D eigenvalue weighted by molar-refractivity contribution is 5.30. The largest absolute Gasteiger partial charge is 0.384 e. The molecule has 1 aromatic carbocycles. The van der Waals surface area contributed by atoms with Crippen LogP contribution in [0.4, 0.5) is 0 Å². The van der Waals surface area contributed by atoms with E-state index in [4.69, 9.17) is 10.5 Å². The van der Waals surface area contributed by atoms with Crippen molar-refractivity contribution in [3.63, 3.8) is 0 Å². The number of hydrogen-bond acceptors (Lipinski definition) is 3. The van der Waals surface area contributed by atoms with Crippen molar-refractivity contribution in [3.8, 4) is 0 Å². The Kier molecular flexibility index (Phi) is 5.58. The summed E-state index contributed by atoms with van der Waals surface area (Å²) in [5.41, 5.74) is 9.02. The summed E-state index contributed by atoms with van der Waals surface area (Å²) in [6, 6.07) is 9.11. The van der Waals surface area contributed by atoms with Crippen molar-refractivity contribution in [2.75, 3.05) is 26.8 Å². The van der Waals surface area contributed by atoms with Crippen molar-refractivity contribution in [1.29, 1.82) is 0 Å². The highest BCUT2D eigenvalue weighted by atomic mass is 16.5. The van der Waals surface area contributed by atoms with Crippen LogP contribution in [0.1, 0.15) is 36.9 Å². The van der Waals surface area contributed by atoms with Crippen molar-refractivity contribution in [2.24, 2.45) is 11.7 Å². The SMILES string of the molecule is COCC1CCN(C(c2ccccc2C)C(C)N)CC1. The van der Waals surface area contributed by atoms with E-state index in [2.05, 4.69) is 43.0 Å². The van der Waals surface area contributed by atoms with Gasteiger partial charge in [-0.25, -0.2) is 0 Å². The molecule has 2 atom stereocenters. The van der Waals surface area contributed by atoms with Gasteiger partial charge in [0.2, 0.25) is 0 Å². The molecule has 1 aromatic rings. The molecule has 0 saturated carbocycles. The van der Waals surface area contributed by atoms with E-state index in [0.29, 0.717) is 12.0 Å². The van der Waals surface area contributed by atoms with Gasteiger partial charge >= 0.3 is 0 Å². The zero-order valence-electron chi connectivity index (χ0n) is 13.0. The molecule has 1 saturated heterocycles. The van der Waals surface area contributed by atoms with Gasteiger partial charge in [-0.2, -0.15) is 0 Å². The molecular weight excluding hydrogens is 248 g/mol. The van der Waals surface area contributed by atoms with E-state index in [9.17, 15) is 0 Å². The Morgan fingerprint density at radius 1 is 1.30 bits per heavy atom. The van der Waals surface area contributed by atoms with E-state index in [1.54, 1.807) is 7.11 Å². The summed E-state index contributed by atoms with van der Waals surface area (Å²) in [4.78, 5) is 2.55. The predicted octanol–water partition coefficient (Wildman–Crippen LogP) is 2.74. The van der Waals surface area contributed by atoms with Crippen LogP contribution in [0.3, 0.4) is 0 Å². The Bertz CT molecular complexity index is 411. The molecule has 2 rings (SSSR count). The topological polar surface area (TPSA) is 38.5 Å². The molecular formula is C17H28N2O. The maximum Gasteiger partial charge on any atom is 0.0499 e. The molecule has 2 unspecified atom stereocenters. The normalized spacial score (nSPS) is 20.8. The average Bonchev–Trinajstić information content (AvgIpc) is 2.43. The second-order valence-corrected chi connectivity index (χ2v) is 6.10. The first-order valence-electron chi connectivity index (χ1n) is 7.67. The first-order valence-corrected chi connectivity index (χ1v) is 7.67. The minimum Gasteiger partial charge on any atom is -0.384 e. The maximum absolute atomic E-state index is 6.30. The van der Waals surface area contributed by atoms with E-state index in [1.807, 2.05) is 0 Å². The monoisotopic (exact) mass is 276 g/mol. The van der Waals surface area contributed by atoms with Gasteiger partial charge in [0.1, 0.15) is 0 Å². The molecule has 0 aliphatic carbocycles. The van der Waals surface area contributed by atoms with Crippen LogP contribution in [-0.2, 0) is 4.74 Å². The van der Waals surface area contributed by atoms with E-state index in [-0.39, 0.29) is 6.04 Å². The summed E-state index contributed by atoms with van der Waals surface area (Å²) in [5, 5.41) is 0. The van der Waals surface area contributed by atoms with Gasteiger partial charge in [-0.15, -0.1) is 0 Å². The fraction of sp³-hybridized carbons (Fsp3) is 0.647. The number of ether oxygens (including phenoxy) is 1. The molecule has 0 radical (unpaired) electrons. The minimum atomic E-state index is 0.148. The van der Waals surface area contributed by atoms with E-state index in [0.717, 1.165) is 19.7 Å². The van der Waals surface area contributed by atoms with E-state index < -0.39 is 0 Å². The third-order valence-electron chi connectivity index (χ3n) is 4.45. The highest BCUT2D eigenvalue weighted by Gasteiger charge is 2.29. The molecule has 1 fully saturated rings. The summed E-state index contributed by atoms with van der Waals surface area (Å²) in [7, 11) is 1.80. The van der Waals surface area contributed by atoms with Crippen LogP contribution in [0.5, 0.6) is 0 Å². The standard InChI is InChI=1S/C17H28N2O/c1-13-6-4-5-7-16(13)17(14(2)18)19-10-8-15(9-11-19)12-20-3/h4-7,14-15,17H,8-12,18H2,1-3H3. The minimum absolute atomic E-state index is 0.148. The summed E-state index contributed by atoms with van der Waals surface area (Å²) in [6.07, 6.45) is 2.42. The number of piperidine rings is 1. The van der Waals surface area contributed by atoms with Gasteiger partial charge in [-0.05, 0) is 56.8 Å². The van der Waals surface area contributed by atoms with Crippen LogP contribution >= 0.6 is 0 Å². The molecule has 20 heavy (non-hydrogen) atoms. The number of nitrogens with two attached hydrogens (primary N) is 1. The van der Waals surface area contributed by atoms with Crippen LogP contribution in [0, 0.1) is 12.8 Å². The predicted molar refractivity (Wildman–Crippen MR) is 83.7 cm³/mol. The highest BCUT2D eigenvalue weighted by Crippen LogP contribution is 2.30. The lowest BCUT2D eigenvalue weighted by molar-refractivity contribution is 0.0734. The zero-order chi connectivity index (χ0) is 14.5. The third-order valence-corrected chi connectivity index (χ3v) is 4.45. The number of methoxy groups -OCH3 is 1. The third kappa shape index (κ3) is 3.60. The molecule has 1 heterocycles. The van der Waals surface area contributed by atoms with Crippen molar-refractivity contribution in [1.82, 2.24) is 4.90 Å². The summed E-state index contributed by atoms with van der Waals surface area (Å²) in [5.74, 6) is 0.710. The second-order valence-electron chi connectivity index (χ2n) is 6.10. The van der Waals surface area contributed by atoms with Crippen molar-refractivity contribution in [2.45, 2.75) is 38.8 Å². The number of aryl methyl sites for hydroxylation is 1. The van der Waals surface area contributed by atoms with Gasteiger partial charge in [0.05, 0.1) is 0 Å². The molecule has 0 aromatic heterocycles. The molecule has 0 bridgehead atoms. The fourth-order valence-corrected chi connectivity index (χ4v) is 3.36. The van der Waals surface area contributed by atoms with Crippen molar-refractivity contribution in [3.05, 3.63) is 35.4 Å². The molecule has 0 amide bonds. The lowest BCUT2D eigenvalue weighted by Gasteiger charge is -2.40. The van der Waals surface area contributed by atoms with Gasteiger partial charge in [0.15, 0.2) is 0 Å². The quantitative estimate of drug-likeness (QED) is 0.898. The fourth-order valence-electron chi connectivity index (χ4n) is 3.36. The van der Waals surface area contributed by atoms with Crippen LogP contribution in [0.15, 0.2) is 24.3 Å². The number of rotatable bonds is 5. The number of hydrogen-bond donors (Lipinski definition) is 1. The lowest BCUT2D eigenvalue weighted by Crippen LogP contribution is -2.44. The molecule has 1 aliphatic heterocycles. The van der Waals surface area contributed by atoms with Crippen LogP contribution in [0.2, 0.25) is 0 Å². The van der Waals surface area contributed by atoms with Gasteiger partial charge < -0.3 is 10.5 Å². The van der Waals surface area contributed by atoms with Crippen LogP contribution in [-0.4, -0.2) is 37.7 Å². The van der Waals surface area contributed by atoms with Gasteiger partial charge in [0.25, 0.3) is 0 Å². The number of nitrogens with zero attached hydrogens (tertiary/aromatic N) is 1.